The topological polar surface area (TPSA) is 21.1 Å². The summed E-state index contributed by atoms with van der Waals surface area (Å²) in [5.41, 5.74) is 2.61. The lowest BCUT2D eigenvalue weighted by Gasteiger charge is -2.16. The van der Waals surface area contributed by atoms with Gasteiger partial charge < -0.3 is 9.47 Å². The fourth-order valence-electron chi connectivity index (χ4n) is 1.70. The van der Waals surface area contributed by atoms with Crippen LogP contribution < -0.4 is 4.90 Å². The van der Waals surface area contributed by atoms with Gasteiger partial charge in [0.05, 0.1) is 0 Å². The molecule has 0 spiro atoms. The Balaban J connectivity index is 0.00000162. The van der Waals surface area contributed by atoms with E-state index in [-0.39, 0.29) is 24.8 Å². The molecule has 2 aromatic rings. The molecule has 0 unspecified atom stereocenters. The van der Waals surface area contributed by atoms with Crippen molar-refractivity contribution in [3.63, 3.8) is 0 Å². The normalized spacial score (nSPS) is 9.42. The molecule has 0 bridgehead atoms. The van der Waals surface area contributed by atoms with E-state index in [0.29, 0.717) is 0 Å². The number of thioether (sulfide) groups is 1. The van der Waals surface area contributed by atoms with Gasteiger partial charge in [-0.1, -0.05) is 30.0 Å². The quantitative estimate of drug-likeness (QED) is 0.803. The van der Waals surface area contributed by atoms with Crippen molar-refractivity contribution in [1.29, 1.82) is 0 Å². The van der Waals surface area contributed by atoms with Gasteiger partial charge >= 0.3 is 0 Å². The van der Waals surface area contributed by atoms with Gasteiger partial charge in [-0.15, -0.1) is 24.8 Å². The Morgan fingerprint density at radius 1 is 1.21 bits per heavy atom. The Morgan fingerprint density at radius 3 is 2.47 bits per heavy atom. The molecule has 0 saturated heterocycles. The van der Waals surface area contributed by atoms with Crippen molar-refractivity contribution in [2.24, 2.45) is 7.05 Å². The Bertz CT molecular complexity index is 500. The van der Waals surface area contributed by atoms with Crippen LogP contribution in [-0.4, -0.2) is 23.6 Å². The predicted molar refractivity (Wildman–Crippen MR) is 88.0 cm³/mol. The molecule has 0 N–H and O–H groups in total. The van der Waals surface area contributed by atoms with Crippen LogP contribution in [0, 0.1) is 0 Å². The van der Waals surface area contributed by atoms with Gasteiger partial charge in [-0.2, -0.15) is 0 Å². The van der Waals surface area contributed by atoms with Crippen molar-refractivity contribution in [2.75, 3.05) is 19.0 Å². The zero-order valence-electron chi connectivity index (χ0n) is 11.2. The van der Waals surface area contributed by atoms with Crippen molar-refractivity contribution in [2.45, 2.75) is 10.9 Å². The Morgan fingerprint density at radius 2 is 1.89 bits per heavy atom. The maximum atomic E-state index is 4.32. The molecule has 1 aromatic carbocycles. The van der Waals surface area contributed by atoms with E-state index in [9.17, 15) is 0 Å². The van der Waals surface area contributed by atoms with E-state index in [1.54, 1.807) is 11.8 Å². The predicted octanol–water partition coefficient (Wildman–Crippen LogP) is 3.62. The van der Waals surface area contributed by atoms with Gasteiger partial charge in [-0.3, -0.25) is 0 Å². The van der Waals surface area contributed by atoms with Crippen LogP contribution in [0.15, 0.2) is 41.8 Å². The highest BCUT2D eigenvalue weighted by Gasteiger charge is 2.06. The summed E-state index contributed by atoms with van der Waals surface area (Å²) in [5, 5.41) is 1.05. The maximum absolute atomic E-state index is 4.32. The first-order valence-corrected chi connectivity index (χ1v) is 6.52. The number of aromatic nitrogens is 2. The highest BCUT2D eigenvalue weighted by molar-refractivity contribution is 7.98. The van der Waals surface area contributed by atoms with Crippen LogP contribution in [0.4, 0.5) is 5.69 Å². The third-order valence-corrected chi connectivity index (χ3v) is 3.71. The summed E-state index contributed by atoms with van der Waals surface area (Å²) < 4.78 is 2.04. The average molecular weight is 320 g/mol. The second kappa shape index (κ2) is 8.35. The van der Waals surface area contributed by atoms with Gasteiger partial charge in [0.15, 0.2) is 5.16 Å². The SMILES string of the molecule is CN(C)c1ccccc1CSc1nccn1C.Cl.Cl. The number of rotatable bonds is 4. The number of para-hydroxylation sites is 1. The van der Waals surface area contributed by atoms with Crippen LogP contribution >= 0.6 is 36.6 Å². The zero-order valence-corrected chi connectivity index (χ0v) is 13.7. The molecule has 6 heteroatoms. The van der Waals surface area contributed by atoms with Gasteiger partial charge in [-0.25, -0.2) is 4.98 Å². The summed E-state index contributed by atoms with van der Waals surface area (Å²) in [5.74, 6) is 0.944. The number of anilines is 1. The molecule has 0 aliphatic carbocycles. The lowest BCUT2D eigenvalue weighted by molar-refractivity contribution is 0.790. The number of halogens is 2. The molecular formula is C13H19Cl2N3S. The third-order valence-electron chi connectivity index (χ3n) is 2.61. The standard InChI is InChI=1S/C13H17N3S.2ClH/c1-15(2)12-7-5-4-6-11(12)10-17-13-14-8-9-16(13)3;;/h4-9H,10H2,1-3H3;2*1H. The first-order chi connectivity index (χ1) is 8.18. The molecule has 0 saturated carbocycles. The van der Waals surface area contributed by atoms with Crippen molar-refractivity contribution in [3.8, 4) is 0 Å². The van der Waals surface area contributed by atoms with Gasteiger partial charge in [0, 0.05) is 45.0 Å². The van der Waals surface area contributed by atoms with Crippen molar-refractivity contribution in [1.82, 2.24) is 9.55 Å². The molecule has 0 fully saturated rings. The van der Waals surface area contributed by atoms with Crippen molar-refractivity contribution >= 4 is 42.3 Å². The summed E-state index contributed by atoms with van der Waals surface area (Å²) in [6, 6.07) is 8.48. The van der Waals surface area contributed by atoms with E-state index in [2.05, 4.69) is 48.2 Å². The number of aryl methyl sites for hydroxylation is 1. The van der Waals surface area contributed by atoms with Crippen molar-refractivity contribution < 1.29 is 0 Å². The highest BCUT2D eigenvalue weighted by atomic mass is 35.5. The van der Waals surface area contributed by atoms with Crippen LogP contribution in [-0.2, 0) is 12.8 Å². The monoisotopic (exact) mass is 319 g/mol. The lowest BCUT2D eigenvalue weighted by Crippen LogP contribution is -2.10. The zero-order chi connectivity index (χ0) is 12.3. The number of nitrogens with zero attached hydrogens (tertiary/aromatic N) is 3. The summed E-state index contributed by atoms with van der Waals surface area (Å²) in [6.07, 6.45) is 3.81. The second-order valence-corrected chi connectivity index (χ2v) is 5.08. The molecule has 0 radical (unpaired) electrons. The minimum Gasteiger partial charge on any atom is -0.377 e. The molecule has 0 aliphatic heterocycles. The van der Waals surface area contributed by atoms with Crippen molar-refractivity contribution in [3.05, 3.63) is 42.2 Å². The highest BCUT2D eigenvalue weighted by Crippen LogP contribution is 2.26. The van der Waals surface area contributed by atoms with Crippen LogP contribution in [0.1, 0.15) is 5.56 Å². The van der Waals surface area contributed by atoms with E-state index in [1.165, 1.54) is 11.3 Å². The summed E-state index contributed by atoms with van der Waals surface area (Å²) in [4.78, 5) is 6.46. The van der Waals surface area contributed by atoms with Crippen LogP contribution in [0.3, 0.4) is 0 Å². The van der Waals surface area contributed by atoms with E-state index in [0.717, 1.165) is 10.9 Å². The number of hydrogen-bond donors (Lipinski definition) is 0. The number of imidazole rings is 1. The average Bonchev–Trinajstić information content (AvgIpc) is 2.72. The molecule has 3 nitrogen and oxygen atoms in total. The Kier molecular flexibility index (Phi) is 7.99. The minimum absolute atomic E-state index is 0. The van der Waals surface area contributed by atoms with Gasteiger partial charge in [-0.05, 0) is 11.6 Å². The largest absolute Gasteiger partial charge is 0.377 e. The summed E-state index contributed by atoms with van der Waals surface area (Å²) in [6.45, 7) is 0. The van der Waals surface area contributed by atoms with Gasteiger partial charge in [0.2, 0.25) is 0 Å². The fraction of sp³-hybridized carbons (Fsp3) is 0.308. The molecule has 1 heterocycles. The Labute approximate surface area is 131 Å². The molecule has 1 aromatic heterocycles. The molecule has 2 rings (SSSR count). The first-order valence-electron chi connectivity index (χ1n) is 5.54. The van der Waals surface area contributed by atoms with Gasteiger partial charge in [0.25, 0.3) is 0 Å². The molecule has 0 amide bonds. The molecule has 19 heavy (non-hydrogen) atoms. The minimum atomic E-state index is 0. The molecule has 0 aliphatic rings. The van der Waals surface area contributed by atoms with E-state index in [4.69, 9.17) is 0 Å². The number of benzene rings is 1. The van der Waals surface area contributed by atoms with E-state index in [1.807, 2.05) is 24.0 Å². The van der Waals surface area contributed by atoms with E-state index >= 15 is 0 Å². The second-order valence-electron chi connectivity index (χ2n) is 4.13. The lowest BCUT2D eigenvalue weighted by atomic mass is 10.2. The summed E-state index contributed by atoms with van der Waals surface area (Å²) >= 11 is 1.76. The smallest absolute Gasteiger partial charge is 0.167 e. The van der Waals surface area contributed by atoms with Crippen LogP contribution in [0.25, 0.3) is 0 Å². The molecule has 0 atom stereocenters. The summed E-state index contributed by atoms with van der Waals surface area (Å²) in [7, 11) is 6.17. The van der Waals surface area contributed by atoms with E-state index < -0.39 is 0 Å². The molecule has 106 valence electrons. The fourth-order valence-corrected chi connectivity index (χ4v) is 2.63. The third kappa shape index (κ3) is 4.64. The molecular weight excluding hydrogens is 301 g/mol. The Hall–Kier alpha value is -0.840. The van der Waals surface area contributed by atoms with Gasteiger partial charge in [0.1, 0.15) is 0 Å². The van der Waals surface area contributed by atoms with Crippen LogP contribution in [0.5, 0.6) is 0 Å². The first kappa shape index (κ1) is 18.2. The number of hydrogen-bond acceptors (Lipinski definition) is 3. The van der Waals surface area contributed by atoms with Crippen LogP contribution in [0.2, 0.25) is 0 Å². The maximum Gasteiger partial charge on any atom is 0.167 e.